The van der Waals surface area contributed by atoms with E-state index < -0.39 is 0 Å². The number of halogens is 2. The lowest BCUT2D eigenvalue weighted by atomic mass is 10.2. The van der Waals surface area contributed by atoms with Crippen molar-refractivity contribution in [2.75, 3.05) is 13.2 Å². The van der Waals surface area contributed by atoms with Crippen LogP contribution in [0.5, 0.6) is 5.75 Å². The van der Waals surface area contributed by atoms with Crippen LogP contribution in [0.4, 0.5) is 0 Å². The Morgan fingerprint density at radius 1 is 1.29 bits per heavy atom. The van der Waals surface area contributed by atoms with Crippen molar-refractivity contribution in [3.05, 3.63) is 50.1 Å². The second-order valence-corrected chi connectivity index (χ2v) is 6.41. The summed E-state index contributed by atoms with van der Waals surface area (Å²) < 4.78 is 5.90. The maximum Gasteiger partial charge on any atom is 0.142 e. The summed E-state index contributed by atoms with van der Waals surface area (Å²) in [6, 6.07) is 5.75. The van der Waals surface area contributed by atoms with E-state index in [1.54, 1.807) is 17.4 Å². The molecule has 1 heterocycles. The zero-order chi connectivity index (χ0) is 15.1. The van der Waals surface area contributed by atoms with Gasteiger partial charge in [-0.05, 0) is 47.5 Å². The fraction of sp³-hybridized carbons (Fsp3) is 0.375. The fourth-order valence-electron chi connectivity index (χ4n) is 2.01. The van der Waals surface area contributed by atoms with Gasteiger partial charge in [0.1, 0.15) is 5.75 Å². The largest absolute Gasteiger partial charge is 0.491 e. The Balaban J connectivity index is 2.01. The first-order chi connectivity index (χ1) is 10.2. The third-order valence-corrected chi connectivity index (χ3v) is 4.28. The zero-order valence-corrected chi connectivity index (χ0v) is 14.3. The highest BCUT2D eigenvalue weighted by molar-refractivity contribution is 7.07. The van der Waals surface area contributed by atoms with Crippen molar-refractivity contribution in [2.45, 2.75) is 26.3 Å². The van der Waals surface area contributed by atoms with Gasteiger partial charge >= 0.3 is 0 Å². The summed E-state index contributed by atoms with van der Waals surface area (Å²) in [5.41, 5.74) is 2.29. The molecule has 2 nitrogen and oxygen atoms in total. The predicted molar refractivity (Wildman–Crippen MR) is 92.0 cm³/mol. The lowest BCUT2D eigenvalue weighted by Crippen LogP contribution is -2.15. The van der Waals surface area contributed by atoms with Crippen LogP contribution in [-0.2, 0) is 13.0 Å². The Bertz CT molecular complexity index is 558. The van der Waals surface area contributed by atoms with Gasteiger partial charge in [-0.3, -0.25) is 0 Å². The monoisotopic (exact) mass is 343 g/mol. The standard InChI is InChI=1S/C16H19Cl2NOS/c1-2-5-19-10-13-8-14(17)9-15(18)16(13)20-6-3-12-4-7-21-11-12/h4,7-9,11,19H,2-3,5-6,10H2,1H3. The molecule has 1 N–H and O–H groups in total. The molecule has 0 saturated heterocycles. The van der Waals surface area contributed by atoms with Gasteiger partial charge in [-0.1, -0.05) is 30.1 Å². The average Bonchev–Trinajstić information content (AvgIpc) is 2.95. The molecule has 0 aliphatic heterocycles. The molecule has 0 amide bonds. The van der Waals surface area contributed by atoms with Crippen molar-refractivity contribution in [2.24, 2.45) is 0 Å². The summed E-state index contributed by atoms with van der Waals surface area (Å²) in [4.78, 5) is 0. The van der Waals surface area contributed by atoms with E-state index in [4.69, 9.17) is 27.9 Å². The zero-order valence-electron chi connectivity index (χ0n) is 12.0. The number of rotatable bonds is 8. The molecule has 0 unspecified atom stereocenters. The summed E-state index contributed by atoms with van der Waals surface area (Å²) in [7, 11) is 0. The van der Waals surface area contributed by atoms with Gasteiger partial charge in [0.25, 0.3) is 0 Å². The van der Waals surface area contributed by atoms with Crippen LogP contribution in [0.1, 0.15) is 24.5 Å². The Labute approximate surface area is 140 Å². The summed E-state index contributed by atoms with van der Waals surface area (Å²) in [5, 5.41) is 8.77. The molecule has 21 heavy (non-hydrogen) atoms. The number of nitrogens with one attached hydrogen (secondary N) is 1. The molecule has 0 saturated carbocycles. The van der Waals surface area contributed by atoms with Crippen molar-refractivity contribution in [3.8, 4) is 5.75 Å². The molecule has 0 spiro atoms. The summed E-state index contributed by atoms with van der Waals surface area (Å²) in [6.45, 7) is 4.41. The third kappa shape index (κ3) is 5.19. The van der Waals surface area contributed by atoms with E-state index in [0.29, 0.717) is 23.2 Å². The molecule has 0 bridgehead atoms. The van der Waals surface area contributed by atoms with Crippen LogP contribution in [0.3, 0.4) is 0 Å². The first-order valence-corrected chi connectivity index (χ1v) is 8.73. The molecule has 0 fully saturated rings. The molecule has 5 heteroatoms. The second kappa shape index (κ2) is 8.64. The Morgan fingerprint density at radius 3 is 2.86 bits per heavy atom. The van der Waals surface area contributed by atoms with Crippen molar-refractivity contribution in [1.82, 2.24) is 5.32 Å². The molecule has 0 radical (unpaired) electrons. The van der Waals surface area contributed by atoms with Gasteiger partial charge in [-0.15, -0.1) is 0 Å². The minimum absolute atomic E-state index is 0.570. The van der Waals surface area contributed by atoms with Crippen LogP contribution in [0.15, 0.2) is 29.0 Å². The highest BCUT2D eigenvalue weighted by Gasteiger charge is 2.11. The SMILES string of the molecule is CCCNCc1cc(Cl)cc(Cl)c1OCCc1ccsc1. The molecular formula is C16H19Cl2NOS. The number of benzene rings is 1. The molecular weight excluding hydrogens is 325 g/mol. The van der Waals surface area contributed by atoms with Crippen LogP contribution in [0.2, 0.25) is 10.0 Å². The minimum Gasteiger partial charge on any atom is -0.491 e. The Kier molecular flexibility index (Phi) is 6.84. The van der Waals surface area contributed by atoms with E-state index in [1.807, 2.05) is 6.07 Å². The van der Waals surface area contributed by atoms with E-state index in [-0.39, 0.29) is 0 Å². The van der Waals surface area contributed by atoms with E-state index in [1.165, 1.54) is 5.56 Å². The second-order valence-electron chi connectivity index (χ2n) is 4.78. The van der Waals surface area contributed by atoms with Gasteiger partial charge in [0, 0.05) is 23.6 Å². The van der Waals surface area contributed by atoms with Crippen molar-refractivity contribution < 1.29 is 4.74 Å². The molecule has 0 aliphatic carbocycles. The van der Waals surface area contributed by atoms with Crippen molar-refractivity contribution in [3.63, 3.8) is 0 Å². The molecule has 1 aromatic heterocycles. The average molecular weight is 344 g/mol. The van der Waals surface area contributed by atoms with Crippen LogP contribution in [-0.4, -0.2) is 13.2 Å². The third-order valence-electron chi connectivity index (χ3n) is 3.04. The van der Waals surface area contributed by atoms with Crippen LogP contribution in [0.25, 0.3) is 0 Å². The van der Waals surface area contributed by atoms with Gasteiger partial charge in [-0.2, -0.15) is 11.3 Å². The molecule has 0 aliphatic rings. The predicted octanol–water partition coefficient (Wildman–Crippen LogP) is 5.18. The molecule has 1 aromatic carbocycles. The quantitative estimate of drug-likeness (QED) is 0.667. The van der Waals surface area contributed by atoms with Crippen molar-refractivity contribution in [1.29, 1.82) is 0 Å². The van der Waals surface area contributed by atoms with Gasteiger partial charge in [0.05, 0.1) is 11.6 Å². The maximum atomic E-state index is 6.27. The topological polar surface area (TPSA) is 21.3 Å². The number of ether oxygens (including phenoxy) is 1. The van der Waals surface area contributed by atoms with E-state index in [2.05, 4.69) is 29.1 Å². The Morgan fingerprint density at radius 2 is 2.14 bits per heavy atom. The van der Waals surface area contributed by atoms with Crippen LogP contribution < -0.4 is 10.1 Å². The number of thiophene rings is 1. The van der Waals surface area contributed by atoms with Gasteiger partial charge in [0.2, 0.25) is 0 Å². The van der Waals surface area contributed by atoms with Crippen LogP contribution in [0, 0.1) is 0 Å². The number of hydrogen-bond donors (Lipinski definition) is 1. The highest BCUT2D eigenvalue weighted by atomic mass is 35.5. The highest BCUT2D eigenvalue weighted by Crippen LogP contribution is 2.32. The Hall–Kier alpha value is -0.740. The summed E-state index contributed by atoms with van der Waals surface area (Å²) in [6.07, 6.45) is 1.97. The first-order valence-electron chi connectivity index (χ1n) is 7.03. The van der Waals surface area contributed by atoms with Gasteiger partial charge < -0.3 is 10.1 Å². The first kappa shape index (κ1) is 16.6. The van der Waals surface area contributed by atoms with Crippen LogP contribution >= 0.6 is 34.5 Å². The van der Waals surface area contributed by atoms with Gasteiger partial charge in [-0.25, -0.2) is 0 Å². The molecule has 0 atom stereocenters. The normalized spacial score (nSPS) is 10.8. The molecule has 2 rings (SSSR count). The van der Waals surface area contributed by atoms with Gasteiger partial charge in [0.15, 0.2) is 0 Å². The summed E-state index contributed by atoms with van der Waals surface area (Å²) >= 11 is 14.1. The number of hydrogen-bond acceptors (Lipinski definition) is 3. The van der Waals surface area contributed by atoms with Crippen molar-refractivity contribution >= 4 is 34.5 Å². The lowest BCUT2D eigenvalue weighted by Gasteiger charge is -2.14. The summed E-state index contributed by atoms with van der Waals surface area (Å²) in [5.74, 6) is 0.736. The lowest BCUT2D eigenvalue weighted by molar-refractivity contribution is 0.318. The fourth-order valence-corrected chi connectivity index (χ4v) is 3.31. The molecule has 114 valence electrons. The molecule has 2 aromatic rings. The van der Waals surface area contributed by atoms with E-state index in [0.717, 1.165) is 30.7 Å². The maximum absolute atomic E-state index is 6.27. The minimum atomic E-state index is 0.570. The smallest absolute Gasteiger partial charge is 0.142 e. The van der Waals surface area contributed by atoms with E-state index >= 15 is 0 Å². The van der Waals surface area contributed by atoms with E-state index in [9.17, 15) is 0 Å².